The Labute approximate surface area is 183 Å². The summed E-state index contributed by atoms with van der Waals surface area (Å²) in [5, 5.41) is 2.88. The van der Waals surface area contributed by atoms with Crippen LogP contribution in [0.1, 0.15) is 48.7 Å². The number of ether oxygens (including phenoxy) is 2. The summed E-state index contributed by atoms with van der Waals surface area (Å²) < 4.78 is 10.8. The van der Waals surface area contributed by atoms with E-state index in [0.717, 1.165) is 43.8 Å². The van der Waals surface area contributed by atoms with E-state index in [2.05, 4.69) is 22.1 Å². The summed E-state index contributed by atoms with van der Waals surface area (Å²) in [4.78, 5) is 30.3. The minimum absolute atomic E-state index is 0.133. The molecule has 3 rings (SSSR count). The zero-order valence-corrected chi connectivity index (χ0v) is 18.3. The van der Waals surface area contributed by atoms with Gasteiger partial charge in [-0.3, -0.25) is 14.6 Å². The summed E-state index contributed by atoms with van der Waals surface area (Å²) in [6, 6.07) is 13.2. The fraction of sp³-hybridized carbons (Fsp3) is 0.458. The molecule has 2 aromatic rings. The van der Waals surface area contributed by atoms with Crippen LogP contribution >= 0.6 is 0 Å². The fourth-order valence-corrected chi connectivity index (χ4v) is 3.70. The first-order chi connectivity index (χ1) is 15.0. The number of methoxy groups -OCH3 is 1. The van der Waals surface area contributed by atoms with Gasteiger partial charge in [-0.1, -0.05) is 6.07 Å². The number of likely N-dealkylation sites (tertiary alicyclic amines) is 1. The number of piperidine rings is 1. The summed E-state index contributed by atoms with van der Waals surface area (Å²) in [5.74, 6) is 0.490. The Morgan fingerprint density at radius 1 is 1.16 bits per heavy atom. The predicted octanol–water partition coefficient (Wildman–Crippen LogP) is 3.20. The van der Waals surface area contributed by atoms with Crippen LogP contribution in [0.15, 0.2) is 48.7 Å². The molecule has 2 heterocycles. The van der Waals surface area contributed by atoms with Crippen LogP contribution in [0.5, 0.6) is 5.75 Å². The van der Waals surface area contributed by atoms with Crippen molar-refractivity contribution in [2.75, 3.05) is 20.2 Å². The van der Waals surface area contributed by atoms with E-state index in [1.165, 1.54) is 7.11 Å². The van der Waals surface area contributed by atoms with E-state index in [0.29, 0.717) is 24.6 Å². The quantitative estimate of drug-likeness (QED) is 0.622. The Hall–Kier alpha value is -2.93. The molecule has 0 aliphatic carbocycles. The lowest BCUT2D eigenvalue weighted by Gasteiger charge is -2.36. The van der Waals surface area contributed by atoms with Gasteiger partial charge in [-0.25, -0.2) is 0 Å². The lowest BCUT2D eigenvalue weighted by Crippen LogP contribution is -2.43. The molecule has 0 spiro atoms. The van der Waals surface area contributed by atoms with Crippen LogP contribution in [0.2, 0.25) is 0 Å². The highest BCUT2D eigenvalue weighted by atomic mass is 16.5. The molecule has 0 unspecified atom stereocenters. The number of hydrogen-bond donors (Lipinski definition) is 1. The Morgan fingerprint density at radius 3 is 2.55 bits per heavy atom. The molecular weight excluding hydrogens is 394 g/mol. The van der Waals surface area contributed by atoms with Crippen LogP contribution in [0.4, 0.5) is 0 Å². The number of carbonyl (C=O) groups is 2. The van der Waals surface area contributed by atoms with Crippen LogP contribution in [-0.2, 0) is 16.1 Å². The summed E-state index contributed by atoms with van der Waals surface area (Å²) in [5.41, 5.74) is 1.42. The molecular formula is C24H31N3O4. The van der Waals surface area contributed by atoms with Gasteiger partial charge in [0.1, 0.15) is 11.9 Å². The number of aromatic nitrogens is 1. The Morgan fingerprint density at radius 2 is 1.90 bits per heavy atom. The van der Waals surface area contributed by atoms with Crippen molar-refractivity contribution in [2.45, 2.75) is 51.3 Å². The minimum Gasteiger partial charge on any atom is -0.490 e. The summed E-state index contributed by atoms with van der Waals surface area (Å²) >= 11 is 0. The monoisotopic (exact) mass is 425 g/mol. The number of nitrogens with one attached hydrogen (secondary N) is 1. The van der Waals surface area contributed by atoms with Gasteiger partial charge in [0.25, 0.3) is 5.91 Å². The van der Waals surface area contributed by atoms with Crippen molar-refractivity contribution in [3.63, 3.8) is 0 Å². The number of amides is 1. The molecule has 7 nitrogen and oxygen atoms in total. The van der Waals surface area contributed by atoms with E-state index >= 15 is 0 Å². The van der Waals surface area contributed by atoms with Crippen LogP contribution < -0.4 is 10.1 Å². The van der Waals surface area contributed by atoms with Gasteiger partial charge in [0, 0.05) is 37.3 Å². The molecule has 7 heteroatoms. The standard InChI is InChI=1S/C24H31N3O4/c1-18(6-11-23(28)30-2)27-15-12-22(13-16-27)31-21-9-7-19(8-10-21)24(29)26-17-20-5-3-4-14-25-20/h3-5,7-10,14,18,22H,6,11-13,15-17H2,1-2H3,(H,26,29)/t18-/m0/s1. The first-order valence-corrected chi connectivity index (χ1v) is 10.8. The number of pyridine rings is 1. The second-order valence-corrected chi connectivity index (χ2v) is 7.85. The second kappa shape index (κ2) is 11.5. The molecule has 1 fully saturated rings. The van der Waals surface area contributed by atoms with E-state index in [1.807, 2.05) is 30.3 Å². The smallest absolute Gasteiger partial charge is 0.305 e. The maximum atomic E-state index is 12.3. The maximum absolute atomic E-state index is 12.3. The van der Waals surface area contributed by atoms with E-state index in [9.17, 15) is 9.59 Å². The Kier molecular flexibility index (Phi) is 8.41. The summed E-state index contributed by atoms with van der Waals surface area (Å²) in [7, 11) is 1.43. The molecule has 1 amide bonds. The molecule has 1 aromatic carbocycles. The zero-order chi connectivity index (χ0) is 22.1. The van der Waals surface area contributed by atoms with E-state index < -0.39 is 0 Å². The number of carbonyl (C=O) groups excluding carboxylic acids is 2. The highest BCUT2D eigenvalue weighted by Crippen LogP contribution is 2.22. The fourth-order valence-electron chi connectivity index (χ4n) is 3.70. The average molecular weight is 426 g/mol. The average Bonchev–Trinajstić information content (AvgIpc) is 2.82. The molecule has 166 valence electrons. The highest BCUT2D eigenvalue weighted by Gasteiger charge is 2.24. The SMILES string of the molecule is COC(=O)CC[C@H](C)N1CCC(Oc2ccc(C(=O)NCc3ccccn3)cc2)CC1. The van der Waals surface area contributed by atoms with Gasteiger partial charge in [-0.2, -0.15) is 0 Å². The van der Waals surface area contributed by atoms with Crippen LogP contribution in [-0.4, -0.2) is 54.1 Å². The Bertz CT molecular complexity index is 834. The lowest BCUT2D eigenvalue weighted by molar-refractivity contribution is -0.141. The number of hydrogen-bond acceptors (Lipinski definition) is 6. The molecule has 0 saturated carbocycles. The van der Waals surface area contributed by atoms with Gasteiger partial charge >= 0.3 is 5.97 Å². The molecule has 0 bridgehead atoms. The largest absolute Gasteiger partial charge is 0.490 e. The van der Waals surface area contributed by atoms with Crippen molar-refractivity contribution in [3.05, 3.63) is 59.9 Å². The number of esters is 1. The summed E-state index contributed by atoms with van der Waals surface area (Å²) in [6.07, 6.45) is 5.01. The van der Waals surface area contributed by atoms with Crippen LogP contribution in [0, 0.1) is 0 Å². The Balaban J connectivity index is 1.41. The van der Waals surface area contributed by atoms with Crippen molar-refractivity contribution >= 4 is 11.9 Å². The van der Waals surface area contributed by atoms with Gasteiger partial charge in [0.05, 0.1) is 19.3 Å². The van der Waals surface area contributed by atoms with Crippen molar-refractivity contribution in [1.29, 1.82) is 0 Å². The van der Waals surface area contributed by atoms with Gasteiger partial charge in [0.15, 0.2) is 0 Å². The first kappa shape index (κ1) is 22.7. The van der Waals surface area contributed by atoms with E-state index in [-0.39, 0.29) is 18.0 Å². The molecule has 1 aromatic heterocycles. The van der Waals surface area contributed by atoms with Crippen molar-refractivity contribution in [3.8, 4) is 5.75 Å². The van der Waals surface area contributed by atoms with Crippen LogP contribution in [0.3, 0.4) is 0 Å². The molecule has 1 aliphatic heterocycles. The molecule has 1 saturated heterocycles. The van der Waals surface area contributed by atoms with Gasteiger partial charge in [-0.05, 0) is 62.6 Å². The second-order valence-electron chi connectivity index (χ2n) is 7.85. The lowest BCUT2D eigenvalue weighted by atomic mass is 10.0. The number of benzene rings is 1. The number of rotatable bonds is 9. The van der Waals surface area contributed by atoms with Crippen LogP contribution in [0.25, 0.3) is 0 Å². The highest BCUT2D eigenvalue weighted by molar-refractivity contribution is 5.94. The minimum atomic E-state index is -0.154. The van der Waals surface area contributed by atoms with E-state index in [1.54, 1.807) is 18.3 Å². The number of nitrogens with zero attached hydrogens (tertiary/aromatic N) is 2. The predicted molar refractivity (Wildman–Crippen MR) is 118 cm³/mol. The molecule has 0 radical (unpaired) electrons. The molecule has 1 N–H and O–H groups in total. The molecule has 1 atom stereocenters. The van der Waals surface area contributed by atoms with E-state index in [4.69, 9.17) is 9.47 Å². The van der Waals surface area contributed by atoms with Crippen molar-refractivity contribution in [2.24, 2.45) is 0 Å². The van der Waals surface area contributed by atoms with Crippen molar-refractivity contribution in [1.82, 2.24) is 15.2 Å². The third-order valence-corrected chi connectivity index (χ3v) is 5.67. The third-order valence-electron chi connectivity index (χ3n) is 5.67. The maximum Gasteiger partial charge on any atom is 0.305 e. The van der Waals surface area contributed by atoms with Gasteiger partial charge in [0.2, 0.25) is 0 Å². The topological polar surface area (TPSA) is 80.8 Å². The van der Waals surface area contributed by atoms with Crippen molar-refractivity contribution < 1.29 is 19.1 Å². The van der Waals surface area contributed by atoms with Gasteiger partial charge < -0.3 is 19.7 Å². The normalized spacial score (nSPS) is 15.8. The molecule has 1 aliphatic rings. The third kappa shape index (κ3) is 7.07. The molecule has 31 heavy (non-hydrogen) atoms. The summed E-state index contributed by atoms with van der Waals surface area (Å²) in [6.45, 7) is 4.44. The first-order valence-electron chi connectivity index (χ1n) is 10.8. The zero-order valence-electron chi connectivity index (χ0n) is 18.3. The van der Waals surface area contributed by atoms with Gasteiger partial charge in [-0.15, -0.1) is 0 Å².